The zero-order valence-corrected chi connectivity index (χ0v) is 31.5. The van der Waals surface area contributed by atoms with Gasteiger partial charge < -0.3 is 0 Å². The van der Waals surface area contributed by atoms with Crippen LogP contribution in [0.1, 0.15) is 0 Å². The van der Waals surface area contributed by atoms with E-state index in [0.717, 1.165) is 50.3 Å². The molecule has 1 aliphatic rings. The second-order valence-electron chi connectivity index (χ2n) is 13.7. The van der Waals surface area contributed by atoms with E-state index in [1.54, 1.807) is 0 Å². The lowest BCUT2D eigenvalue weighted by Gasteiger charge is -2.33. The average molecular weight is 747 g/mol. The highest BCUT2D eigenvalue weighted by atomic mass is 32.1. The molecule has 256 valence electrons. The molecule has 3 heterocycles. The van der Waals surface area contributed by atoms with Crippen molar-refractivity contribution in [3.63, 3.8) is 0 Å². The van der Waals surface area contributed by atoms with Gasteiger partial charge in [-0.15, -0.1) is 22.7 Å². The largest absolute Gasteiger partial charge is 0.301 e. The van der Waals surface area contributed by atoms with E-state index in [1.807, 2.05) is 89.4 Å². The summed E-state index contributed by atoms with van der Waals surface area (Å²) in [5.41, 5.74) is 8.03. The minimum Gasteiger partial charge on any atom is -0.270 e. The van der Waals surface area contributed by atoms with E-state index in [1.165, 1.54) is 40.3 Å². The van der Waals surface area contributed by atoms with Gasteiger partial charge in [0, 0.05) is 51.7 Å². The molecule has 0 radical (unpaired) electrons. The van der Waals surface area contributed by atoms with Crippen molar-refractivity contribution in [1.29, 1.82) is 0 Å². The fourth-order valence-electron chi connectivity index (χ4n) is 8.15. The van der Waals surface area contributed by atoms with E-state index in [0.29, 0.717) is 0 Å². The van der Waals surface area contributed by atoms with Crippen LogP contribution in [0.5, 0.6) is 0 Å². The summed E-state index contributed by atoms with van der Waals surface area (Å²) in [7, 11) is -3.54. The predicted molar refractivity (Wildman–Crippen MR) is 234 cm³/mol. The molecule has 6 heteroatoms. The fraction of sp³-hybridized carbons (Fsp3) is 0. The van der Waals surface area contributed by atoms with Crippen molar-refractivity contribution in [2.45, 2.75) is 0 Å². The highest BCUT2D eigenvalue weighted by Crippen LogP contribution is 2.71. The van der Waals surface area contributed by atoms with Gasteiger partial charge in [0.1, 0.15) is 0 Å². The summed E-state index contributed by atoms with van der Waals surface area (Å²) in [5.74, 6) is 0. The summed E-state index contributed by atoms with van der Waals surface area (Å²) in [6.45, 7) is 0. The number of anilines is 4. The van der Waals surface area contributed by atoms with Crippen molar-refractivity contribution in [2.75, 3.05) is 9.34 Å². The van der Waals surface area contributed by atoms with Crippen LogP contribution in [-0.2, 0) is 4.57 Å². The monoisotopic (exact) mass is 746 g/mol. The molecule has 0 N–H and O–H groups in total. The first-order chi connectivity index (χ1) is 26.6. The Kier molecular flexibility index (Phi) is 7.18. The second-order valence-corrected chi connectivity index (χ2v) is 18.3. The maximum Gasteiger partial charge on any atom is 0.301 e. The van der Waals surface area contributed by atoms with E-state index in [-0.39, 0.29) is 0 Å². The third-order valence-electron chi connectivity index (χ3n) is 10.6. The molecule has 0 bridgehead atoms. The Balaban J connectivity index is 1.25. The Morgan fingerprint density at radius 3 is 1.22 bits per heavy atom. The first-order valence-electron chi connectivity index (χ1n) is 18.0. The molecule has 54 heavy (non-hydrogen) atoms. The van der Waals surface area contributed by atoms with Crippen molar-refractivity contribution >= 4 is 98.5 Å². The number of thiophene rings is 2. The molecule has 1 aliphatic heterocycles. The fourth-order valence-corrected chi connectivity index (χ4v) is 13.3. The van der Waals surface area contributed by atoms with Gasteiger partial charge in [-0.1, -0.05) is 103 Å². The van der Waals surface area contributed by atoms with Crippen LogP contribution < -0.4 is 14.6 Å². The summed E-state index contributed by atoms with van der Waals surface area (Å²) in [6.07, 6.45) is 0. The van der Waals surface area contributed by atoms with Gasteiger partial charge in [-0.05, 0) is 107 Å². The second kappa shape index (κ2) is 12.3. The smallest absolute Gasteiger partial charge is 0.270 e. The lowest BCUT2D eigenvalue weighted by atomic mass is 9.91. The Morgan fingerprint density at radius 1 is 0.370 bits per heavy atom. The van der Waals surface area contributed by atoms with Gasteiger partial charge in [-0.25, -0.2) is 0 Å². The van der Waals surface area contributed by atoms with Crippen molar-refractivity contribution in [3.8, 4) is 22.3 Å². The normalized spacial score (nSPS) is 13.7. The van der Waals surface area contributed by atoms with Gasteiger partial charge >= 0.3 is 7.44 Å². The third kappa shape index (κ3) is 4.76. The zero-order chi connectivity index (χ0) is 35.8. The molecule has 11 rings (SSSR count). The summed E-state index contributed by atoms with van der Waals surface area (Å²) >= 11 is 3.66. The molecule has 0 spiro atoms. The third-order valence-corrected chi connectivity index (χ3v) is 15.8. The van der Waals surface area contributed by atoms with Gasteiger partial charge in [0.05, 0.1) is 16.7 Å². The van der Waals surface area contributed by atoms with Crippen molar-refractivity contribution in [3.05, 3.63) is 188 Å². The molecule has 8 aromatic carbocycles. The van der Waals surface area contributed by atoms with Crippen molar-refractivity contribution < 1.29 is 4.57 Å². The van der Waals surface area contributed by atoms with E-state index >= 15 is 4.57 Å². The molecule has 0 amide bonds. The van der Waals surface area contributed by atoms with Crippen LogP contribution in [0.25, 0.3) is 62.6 Å². The van der Waals surface area contributed by atoms with Crippen LogP contribution in [0, 0.1) is 0 Å². The Hall–Kier alpha value is -5.97. The van der Waals surface area contributed by atoms with Crippen LogP contribution in [0.15, 0.2) is 188 Å². The maximum atomic E-state index is 16.5. The summed E-state index contributed by atoms with van der Waals surface area (Å²) < 4.78 is 25.8. The van der Waals surface area contributed by atoms with Gasteiger partial charge in [0.25, 0.3) is 0 Å². The molecule has 0 fully saturated rings. The number of fused-ring (bicyclic) bond motifs is 7. The molecular weight excluding hydrogens is 716 g/mol. The van der Waals surface area contributed by atoms with Gasteiger partial charge in [0.15, 0.2) is 0 Å². The maximum absolute atomic E-state index is 16.5. The first kappa shape index (κ1) is 31.5. The SMILES string of the molecule is O=P1(c2ccccc2)N(c2ccccc2)c2cc(-c3ccc4sc5ccccc5c4c3)c(-c3ccc4sc5ccccc5c4c3)cc2N1c1ccccc1. The number of hydrogen-bond donors (Lipinski definition) is 0. The van der Waals surface area contributed by atoms with Crippen LogP contribution in [0.2, 0.25) is 0 Å². The minimum absolute atomic E-state index is 0.773. The molecular formula is C48H31N2OPS2. The van der Waals surface area contributed by atoms with Crippen molar-refractivity contribution in [1.82, 2.24) is 0 Å². The predicted octanol–water partition coefficient (Wildman–Crippen LogP) is 14.6. The standard InChI is InChI=1S/C48H31N2OPS2/c51-52(36-18-8-3-9-19-36)49(34-14-4-1-5-15-34)43-30-39(32-24-26-47-41(28-32)37-20-10-12-22-45(37)53-47)40(31-44(43)50(52)35-16-6-2-7-17-35)33-25-27-48-42(29-33)38-21-11-13-23-46(38)54-48/h1-31H. The van der Waals surface area contributed by atoms with Crippen LogP contribution in [-0.4, -0.2) is 0 Å². The van der Waals surface area contributed by atoms with Crippen LogP contribution in [0.4, 0.5) is 22.7 Å². The Labute approximate surface area is 321 Å². The molecule has 0 unspecified atom stereocenters. The highest BCUT2D eigenvalue weighted by molar-refractivity contribution is 7.76. The average Bonchev–Trinajstić information content (AvgIpc) is 3.88. The topological polar surface area (TPSA) is 23.6 Å². The molecule has 0 atom stereocenters. The number of rotatable bonds is 5. The quantitative estimate of drug-likeness (QED) is 0.164. The lowest BCUT2D eigenvalue weighted by molar-refractivity contribution is 0.582. The van der Waals surface area contributed by atoms with E-state index in [2.05, 4.69) is 131 Å². The highest BCUT2D eigenvalue weighted by Gasteiger charge is 2.49. The van der Waals surface area contributed by atoms with Crippen LogP contribution >= 0.6 is 30.1 Å². The number of hydrogen-bond acceptors (Lipinski definition) is 3. The minimum atomic E-state index is -3.54. The molecule has 10 aromatic rings. The first-order valence-corrected chi connectivity index (χ1v) is 21.3. The van der Waals surface area contributed by atoms with Crippen molar-refractivity contribution in [2.24, 2.45) is 0 Å². The molecule has 0 saturated carbocycles. The Bertz CT molecular complexity index is 2910. The van der Waals surface area contributed by atoms with E-state index < -0.39 is 7.44 Å². The van der Waals surface area contributed by atoms with Crippen LogP contribution in [0.3, 0.4) is 0 Å². The van der Waals surface area contributed by atoms with E-state index in [4.69, 9.17) is 0 Å². The van der Waals surface area contributed by atoms with E-state index in [9.17, 15) is 0 Å². The summed E-state index contributed by atoms with van der Waals surface area (Å²) in [4.78, 5) is 0. The zero-order valence-electron chi connectivity index (χ0n) is 29.0. The van der Waals surface area contributed by atoms with Gasteiger partial charge in [-0.3, -0.25) is 13.9 Å². The summed E-state index contributed by atoms with van der Waals surface area (Å²) in [5, 5.41) is 5.81. The number of benzene rings is 8. The molecule has 2 aromatic heterocycles. The van der Waals surface area contributed by atoms with Gasteiger partial charge in [0.2, 0.25) is 0 Å². The van der Waals surface area contributed by atoms with Gasteiger partial charge in [-0.2, -0.15) is 0 Å². The summed E-state index contributed by atoms with van der Waals surface area (Å²) in [6, 6.07) is 66.1. The Morgan fingerprint density at radius 2 is 0.759 bits per heavy atom. The number of para-hydroxylation sites is 2. The molecule has 0 aliphatic carbocycles. The number of nitrogens with zero attached hydrogens (tertiary/aromatic N) is 2. The molecule has 3 nitrogen and oxygen atoms in total. The lowest BCUT2D eigenvalue weighted by Crippen LogP contribution is -2.26. The molecule has 0 saturated heterocycles.